The summed E-state index contributed by atoms with van der Waals surface area (Å²) in [5, 5.41) is 8.43. The summed E-state index contributed by atoms with van der Waals surface area (Å²) in [6.07, 6.45) is 4.10. The van der Waals surface area contributed by atoms with E-state index in [0.29, 0.717) is 12.5 Å². The van der Waals surface area contributed by atoms with Crippen LogP contribution in [0.25, 0.3) is 11.0 Å². The van der Waals surface area contributed by atoms with Crippen LogP contribution in [0.3, 0.4) is 0 Å². The minimum atomic E-state index is 0.620. The van der Waals surface area contributed by atoms with E-state index >= 15 is 0 Å². The fourth-order valence-corrected chi connectivity index (χ4v) is 2.24. The van der Waals surface area contributed by atoms with Gasteiger partial charge in [-0.05, 0) is 13.0 Å². The highest BCUT2D eigenvalue weighted by Crippen LogP contribution is 2.17. The average molecular weight is 298 g/mol. The molecule has 0 spiro atoms. The maximum Gasteiger partial charge on any atom is 0.213 e. The first-order chi connectivity index (χ1) is 10.8. The number of hydrogen-bond donors (Lipinski definition) is 1. The third-order valence-electron chi connectivity index (χ3n) is 3.28. The van der Waals surface area contributed by atoms with Crippen LogP contribution in [-0.4, -0.2) is 37.9 Å². The maximum atomic E-state index is 5.41. The Morgan fingerprint density at radius 1 is 1.27 bits per heavy atom. The summed E-state index contributed by atoms with van der Waals surface area (Å²) in [5.41, 5.74) is 1.80. The maximum absolute atomic E-state index is 5.41. The topological polar surface area (TPSA) is 77.8 Å². The van der Waals surface area contributed by atoms with E-state index in [1.54, 1.807) is 17.2 Å². The van der Waals surface area contributed by atoms with Crippen molar-refractivity contribution in [3.8, 4) is 5.88 Å². The molecule has 0 atom stereocenters. The number of hydrogen-bond acceptors (Lipinski definition) is 6. The lowest BCUT2D eigenvalue weighted by Gasteiger charge is -2.07. The molecule has 7 nitrogen and oxygen atoms in total. The van der Waals surface area contributed by atoms with Gasteiger partial charge in [0.15, 0.2) is 5.65 Å². The number of ether oxygens (including phenoxy) is 1. The van der Waals surface area contributed by atoms with E-state index in [1.165, 1.54) is 0 Å². The van der Waals surface area contributed by atoms with Gasteiger partial charge in [-0.15, -0.1) is 0 Å². The van der Waals surface area contributed by atoms with Crippen LogP contribution in [-0.2, 0) is 13.5 Å². The monoisotopic (exact) mass is 298 g/mol. The van der Waals surface area contributed by atoms with Crippen LogP contribution in [0, 0.1) is 0 Å². The molecule has 3 aromatic rings. The Morgan fingerprint density at radius 3 is 3.05 bits per heavy atom. The molecule has 0 bridgehead atoms. The number of pyridine rings is 1. The van der Waals surface area contributed by atoms with Gasteiger partial charge in [-0.1, -0.05) is 6.07 Å². The molecule has 0 saturated carbocycles. The summed E-state index contributed by atoms with van der Waals surface area (Å²) in [6, 6.07) is 5.81. The minimum absolute atomic E-state index is 0.620. The van der Waals surface area contributed by atoms with Crippen molar-refractivity contribution in [2.24, 2.45) is 7.05 Å². The van der Waals surface area contributed by atoms with E-state index < -0.39 is 0 Å². The molecule has 0 fully saturated rings. The van der Waals surface area contributed by atoms with Gasteiger partial charge in [-0.2, -0.15) is 5.10 Å². The molecule has 0 aliphatic heterocycles. The lowest BCUT2D eigenvalue weighted by molar-refractivity contribution is 0.326. The second-order valence-corrected chi connectivity index (χ2v) is 4.80. The van der Waals surface area contributed by atoms with Gasteiger partial charge in [0, 0.05) is 31.8 Å². The third-order valence-corrected chi connectivity index (χ3v) is 3.28. The zero-order chi connectivity index (χ0) is 15.4. The van der Waals surface area contributed by atoms with Crippen LogP contribution in [0.1, 0.15) is 12.6 Å². The Morgan fingerprint density at radius 2 is 2.18 bits per heavy atom. The highest BCUT2D eigenvalue weighted by atomic mass is 16.5. The van der Waals surface area contributed by atoms with Gasteiger partial charge in [0.25, 0.3) is 0 Å². The first kappa shape index (κ1) is 14.2. The van der Waals surface area contributed by atoms with Gasteiger partial charge >= 0.3 is 0 Å². The summed E-state index contributed by atoms with van der Waals surface area (Å²) < 4.78 is 7.14. The molecule has 22 heavy (non-hydrogen) atoms. The zero-order valence-corrected chi connectivity index (χ0v) is 12.7. The van der Waals surface area contributed by atoms with Crippen molar-refractivity contribution >= 4 is 16.9 Å². The van der Waals surface area contributed by atoms with Gasteiger partial charge in [-0.25, -0.2) is 15.0 Å². The Hall–Kier alpha value is -2.70. The Balaban J connectivity index is 1.66. The zero-order valence-electron chi connectivity index (χ0n) is 12.7. The molecule has 0 amide bonds. The predicted molar refractivity (Wildman–Crippen MR) is 83.9 cm³/mol. The van der Waals surface area contributed by atoms with Crippen molar-refractivity contribution in [3.63, 3.8) is 0 Å². The quantitative estimate of drug-likeness (QED) is 0.748. The molecule has 114 valence electrons. The Labute approximate surface area is 128 Å². The molecule has 0 radical (unpaired) electrons. The number of anilines is 1. The second-order valence-electron chi connectivity index (χ2n) is 4.80. The summed E-state index contributed by atoms with van der Waals surface area (Å²) in [7, 11) is 1.86. The number of aryl methyl sites for hydroxylation is 1. The number of nitrogens with zero attached hydrogens (tertiary/aromatic N) is 5. The fourth-order valence-electron chi connectivity index (χ4n) is 2.24. The third kappa shape index (κ3) is 2.98. The number of fused-ring (bicyclic) bond motifs is 1. The molecule has 0 aromatic carbocycles. The van der Waals surface area contributed by atoms with Crippen molar-refractivity contribution in [1.29, 1.82) is 0 Å². The van der Waals surface area contributed by atoms with Gasteiger partial charge in [-0.3, -0.25) is 4.68 Å². The first-order valence-electron chi connectivity index (χ1n) is 7.23. The van der Waals surface area contributed by atoms with E-state index in [0.717, 1.165) is 35.5 Å². The van der Waals surface area contributed by atoms with E-state index in [-0.39, 0.29) is 0 Å². The SMILES string of the molecule is CCOc1cccc(CCNc2ncnc3c2cnn3C)n1. The van der Waals surface area contributed by atoms with Crippen molar-refractivity contribution < 1.29 is 4.74 Å². The van der Waals surface area contributed by atoms with E-state index in [1.807, 2.05) is 32.2 Å². The summed E-state index contributed by atoms with van der Waals surface area (Å²) in [5.74, 6) is 1.45. The van der Waals surface area contributed by atoms with Crippen LogP contribution < -0.4 is 10.1 Å². The smallest absolute Gasteiger partial charge is 0.213 e. The summed E-state index contributed by atoms with van der Waals surface area (Å²) in [6.45, 7) is 3.29. The molecule has 0 saturated heterocycles. The molecular formula is C15H18N6O. The minimum Gasteiger partial charge on any atom is -0.478 e. The Bertz CT molecular complexity index is 770. The summed E-state index contributed by atoms with van der Waals surface area (Å²) in [4.78, 5) is 12.9. The molecule has 3 aromatic heterocycles. The van der Waals surface area contributed by atoms with Crippen LogP contribution in [0.15, 0.2) is 30.7 Å². The average Bonchev–Trinajstić information content (AvgIpc) is 2.91. The van der Waals surface area contributed by atoms with Crippen LogP contribution in [0.2, 0.25) is 0 Å². The van der Waals surface area contributed by atoms with Crippen LogP contribution in [0.5, 0.6) is 5.88 Å². The number of aromatic nitrogens is 5. The fraction of sp³-hybridized carbons (Fsp3) is 0.333. The molecule has 3 rings (SSSR count). The van der Waals surface area contributed by atoms with Gasteiger partial charge < -0.3 is 10.1 Å². The van der Waals surface area contributed by atoms with E-state index in [4.69, 9.17) is 4.74 Å². The van der Waals surface area contributed by atoms with Crippen molar-refractivity contribution in [3.05, 3.63) is 36.4 Å². The molecule has 0 unspecified atom stereocenters. The molecule has 1 N–H and O–H groups in total. The lowest BCUT2D eigenvalue weighted by atomic mass is 10.2. The molecule has 7 heteroatoms. The Kier molecular flexibility index (Phi) is 4.13. The molecule has 0 aliphatic rings. The van der Waals surface area contributed by atoms with E-state index in [9.17, 15) is 0 Å². The number of rotatable bonds is 6. The molecule has 0 aliphatic carbocycles. The number of nitrogens with one attached hydrogen (secondary N) is 1. The second kappa shape index (κ2) is 6.38. The van der Waals surface area contributed by atoms with Gasteiger partial charge in [0.2, 0.25) is 5.88 Å². The van der Waals surface area contributed by atoms with E-state index in [2.05, 4.69) is 25.4 Å². The van der Waals surface area contributed by atoms with Crippen molar-refractivity contribution in [2.45, 2.75) is 13.3 Å². The van der Waals surface area contributed by atoms with Gasteiger partial charge in [0.1, 0.15) is 12.1 Å². The van der Waals surface area contributed by atoms with Crippen molar-refractivity contribution in [2.75, 3.05) is 18.5 Å². The summed E-state index contributed by atoms with van der Waals surface area (Å²) >= 11 is 0. The molecule has 3 heterocycles. The first-order valence-corrected chi connectivity index (χ1v) is 7.23. The normalized spacial score (nSPS) is 10.8. The van der Waals surface area contributed by atoms with Crippen LogP contribution >= 0.6 is 0 Å². The lowest BCUT2D eigenvalue weighted by Crippen LogP contribution is -2.08. The van der Waals surface area contributed by atoms with Crippen LogP contribution in [0.4, 0.5) is 5.82 Å². The highest BCUT2D eigenvalue weighted by Gasteiger charge is 2.07. The largest absolute Gasteiger partial charge is 0.478 e. The van der Waals surface area contributed by atoms with Crippen molar-refractivity contribution in [1.82, 2.24) is 24.7 Å². The molecular weight excluding hydrogens is 280 g/mol. The standard InChI is InChI=1S/C15H18N6O/c1-3-22-13-6-4-5-11(20-13)7-8-16-14-12-9-19-21(2)15(12)18-10-17-14/h4-6,9-10H,3,7-8H2,1-2H3,(H,16,17,18). The highest BCUT2D eigenvalue weighted by molar-refractivity contribution is 5.85. The van der Waals surface area contributed by atoms with Gasteiger partial charge in [0.05, 0.1) is 18.2 Å². The predicted octanol–water partition coefficient (Wildman–Crippen LogP) is 1.81.